The monoisotopic (exact) mass is 279 g/mol. The minimum atomic E-state index is -0.420. The van der Waals surface area contributed by atoms with Gasteiger partial charge in [-0.2, -0.15) is 0 Å². The predicted molar refractivity (Wildman–Crippen MR) is 68.6 cm³/mol. The Bertz CT molecular complexity index is 397. The number of hydrogen-bond donors (Lipinski definition) is 2. The lowest BCUT2D eigenvalue weighted by molar-refractivity contribution is -0.380. The van der Waals surface area contributed by atoms with Gasteiger partial charge in [-0.1, -0.05) is 11.3 Å². The van der Waals surface area contributed by atoms with Crippen molar-refractivity contribution in [2.24, 2.45) is 0 Å². The zero-order valence-electron chi connectivity index (χ0n) is 9.43. The van der Waals surface area contributed by atoms with Crippen molar-refractivity contribution in [2.45, 2.75) is 19.5 Å². The van der Waals surface area contributed by atoms with E-state index in [-0.39, 0.29) is 29.4 Å². The number of carbonyl (C=O) groups excluding carboxylic acids is 1. The van der Waals surface area contributed by atoms with Gasteiger partial charge >= 0.3 is 5.00 Å². The fourth-order valence-corrected chi connectivity index (χ4v) is 1.86. The number of likely N-dealkylation sites (N-methyl/N-ethyl adjacent to an activating group) is 1. The van der Waals surface area contributed by atoms with Crippen molar-refractivity contribution in [1.82, 2.24) is 10.6 Å². The molecule has 0 bridgehead atoms. The SMILES string of the molecule is CNC(=O)[C@@H](C)NCc1csc([N+](=O)[O-])c1.Cl. The average molecular weight is 280 g/mol. The number of hydrogen-bond acceptors (Lipinski definition) is 5. The van der Waals surface area contributed by atoms with Crippen molar-refractivity contribution in [1.29, 1.82) is 0 Å². The largest absolute Gasteiger partial charge is 0.358 e. The number of nitro groups is 1. The molecular weight excluding hydrogens is 266 g/mol. The number of rotatable bonds is 5. The highest BCUT2D eigenvalue weighted by Gasteiger charge is 2.12. The van der Waals surface area contributed by atoms with Gasteiger partial charge in [0, 0.05) is 25.0 Å². The van der Waals surface area contributed by atoms with Gasteiger partial charge in [-0.05, 0) is 12.5 Å². The summed E-state index contributed by atoms with van der Waals surface area (Å²) >= 11 is 1.08. The third-order valence-electron chi connectivity index (χ3n) is 2.07. The quantitative estimate of drug-likeness (QED) is 0.628. The molecule has 0 unspecified atom stereocenters. The van der Waals surface area contributed by atoms with E-state index in [1.54, 1.807) is 19.4 Å². The first-order chi connectivity index (χ1) is 7.54. The fourth-order valence-electron chi connectivity index (χ4n) is 1.13. The van der Waals surface area contributed by atoms with Gasteiger partial charge in [0.15, 0.2) is 0 Å². The van der Waals surface area contributed by atoms with E-state index < -0.39 is 4.92 Å². The van der Waals surface area contributed by atoms with Gasteiger partial charge in [0.1, 0.15) is 0 Å². The minimum Gasteiger partial charge on any atom is -0.358 e. The maximum Gasteiger partial charge on any atom is 0.324 e. The third kappa shape index (κ3) is 4.68. The number of nitrogens with zero attached hydrogens (tertiary/aromatic N) is 1. The number of carbonyl (C=O) groups is 1. The Morgan fingerprint density at radius 2 is 2.29 bits per heavy atom. The Morgan fingerprint density at radius 3 is 2.76 bits per heavy atom. The second-order valence-corrected chi connectivity index (χ2v) is 4.16. The number of amides is 1. The van der Waals surface area contributed by atoms with E-state index in [0.29, 0.717) is 6.54 Å². The van der Waals surface area contributed by atoms with Crippen LogP contribution in [-0.2, 0) is 11.3 Å². The first kappa shape index (κ1) is 15.8. The van der Waals surface area contributed by atoms with Crippen LogP contribution in [0.15, 0.2) is 11.4 Å². The first-order valence-corrected chi connectivity index (χ1v) is 5.59. The molecule has 0 radical (unpaired) electrons. The highest BCUT2D eigenvalue weighted by molar-refractivity contribution is 7.13. The van der Waals surface area contributed by atoms with Crippen molar-refractivity contribution in [3.63, 3.8) is 0 Å². The maximum atomic E-state index is 11.2. The molecule has 0 aromatic carbocycles. The van der Waals surface area contributed by atoms with E-state index in [9.17, 15) is 14.9 Å². The van der Waals surface area contributed by atoms with Gasteiger partial charge in [-0.25, -0.2) is 0 Å². The molecule has 1 aromatic heterocycles. The van der Waals surface area contributed by atoms with Crippen LogP contribution in [0.1, 0.15) is 12.5 Å². The van der Waals surface area contributed by atoms with Crippen LogP contribution < -0.4 is 10.6 Å². The Labute approximate surface area is 109 Å². The van der Waals surface area contributed by atoms with Crippen LogP contribution >= 0.6 is 23.7 Å². The van der Waals surface area contributed by atoms with Crippen molar-refractivity contribution < 1.29 is 9.72 Å². The van der Waals surface area contributed by atoms with Crippen molar-refractivity contribution in [3.05, 3.63) is 27.1 Å². The van der Waals surface area contributed by atoms with Crippen LogP contribution in [-0.4, -0.2) is 23.9 Å². The summed E-state index contributed by atoms with van der Waals surface area (Å²) in [5.41, 5.74) is 0.812. The Morgan fingerprint density at radius 1 is 1.65 bits per heavy atom. The van der Waals surface area contributed by atoms with Gasteiger partial charge < -0.3 is 10.6 Å². The fraction of sp³-hybridized carbons (Fsp3) is 0.444. The Hall–Kier alpha value is -1.18. The molecule has 1 aromatic rings. The lowest BCUT2D eigenvalue weighted by Gasteiger charge is -2.10. The molecule has 0 saturated carbocycles. The van der Waals surface area contributed by atoms with E-state index >= 15 is 0 Å². The molecule has 17 heavy (non-hydrogen) atoms. The zero-order valence-corrected chi connectivity index (χ0v) is 11.1. The lowest BCUT2D eigenvalue weighted by atomic mass is 10.2. The summed E-state index contributed by atoms with van der Waals surface area (Å²) in [4.78, 5) is 21.2. The van der Waals surface area contributed by atoms with Gasteiger partial charge in [0.25, 0.3) is 0 Å². The lowest BCUT2D eigenvalue weighted by Crippen LogP contribution is -2.40. The molecule has 2 N–H and O–H groups in total. The topological polar surface area (TPSA) is 84.3 Å². The maximum absolute atomic E-state index is 11.2. The number of thiophene rings is 1. The summed E-state index contributed by atoms with van der Waals surface area (Å²) in [5, 5.41) is 17.8. The summed E-state index contributed by atoms with van der Waals surface area (Å²) < 4.78 is 0. The second kappa shape index (κ2) is 7.21. The molecule has 0 aliphatic rings. The molecule has 0 fully saturated rings. The first-order valence-electron chi connectivity index (χ1n) is 4.71. The molecule has 0 aliphatic heterocycles. The van der Waals surface area contributed by atoms with Crippen LogP contribution in [0.25, 0.3) is 0 Å². The minimum absolute atomic E-state index is 0. The molecule has 0 aliphatic carbocycles. The van der Waals surface area contributed by atoms with Crippen LogP contribution in [0.5, 0.6) is 0 Å². The molecule has 1 amide bonds. The second-order valence-electron chi connectivity index (χ2n) is 3.27. The van der Waals surface area contributed by atoms with E-state index in [0.717, 1.165) is 16.9 Å². The van der Waals surface area contributed by atoms with E-state index in [4.69, 9.17) is 0 Å². The summed E-state index contributed by atoms with van der Waals surface area (Å²) in [6.07, 6.45) is 0. The Kier molecular flexibility index (Phi) is 6.71. The molecular formula is C9H14ClN3O3S. The van der Waals surface area contributed by atoms with Crippen LogP contribution in [0.4, 0.5) is 5.00 Å². The molecule has 0 spiro atoms. The standard InChI is InChI=1S/C9H13N3O3S.ClH/c1-6(9(13)10-2)11-4-7-3-8(12(14)15)16-5-7;/h3,5-6,11H,4H2,1-2H3,(H,10,13);1H/t6-;/m1./s1. The van der Waals surface area contributed by atoms with E-state index in [1.165, 1.54) is 6.07 Å². The summed E-state index contributed by atoms with van der Waals surface area (Å²) in [6, 6.07) is 1.19. The number of nitrogens with one attached hydrogen (secondary N) is 2. The molecule has 96 valence electrons. The van der Waals surface area contributed by atoms with Crippen LogP contribution in [0.2, 0.25) is 0 Å². The molecule has 8 heteroatoms. The van der Waals surface area contributed by atoms with Crippen LogP contribution in [0.3, 0.4) is 0 Å². The highest BCUT2D eigenvalue weighted by atomic mass is 35.5. The zero-order chi connectivity index (χ0) is 12.1. The van der Waals surface area contributed by atoms with Gasteiger partial charge in [0.2, 0.25) is 5.91 Å². The molecule has 1 atom stereocenters. The predicted octanol–water partition coefficient (Wildman–Crippen LogP) is 1.30. The molecule has 6 nitrogen and oxygen atoms in total. The average Bonchev–Trinajstić information content (AvgIpc) is 2.73. The molecule has 0 saturated heterocycles. The summed E-state index contributed by atoms with van der Waals surface area (Å²) in [7, 11) is 1.57. The number of halogens is 1. The van der Waals surface area contributed by atoms with E-state index in [1.807, 2.05) is 0 Å². The third-order valence-corrected chi connectivity index (χ3v) is 3.00. The smallest absolute Gasteiger partial charge is 0.324 e. The highest BCUT2D eigenvalue weighted by Crippen LogP contribution is 2.22. The molecule has 1 heterocycles. The van der Waals surface area contributed by atoms with Crippen molar-refractivity contribution >= 4 is 34.7 Å². The normalized spacial score (nSPS) is 11.4. The van der Waals surface area contributed by atoms with Crippen molar-refractivity contribution in [2.75, 3.05) is 7.05 Å². The van der Waals surface area contributed by atoms with Gasteiger partial charge in [-0.15, -0.1) is 12.4 Å². The van der Waals surface area contributed by atoms with Crippen LogP contribution in [0, 0.1) is 10.1 Å². The summed E-state index contributed by atoms with van der Waals surface area (Å²) in [5.74, 6) is -0.107. The Balaban J connectivity index is 0.00000256. The van der Waals surface area contributed by atoms with Gasteiger partial charge in [0.05, 0.1) is 11.0 Å². The van der Waals surface area contributed by atoms with Crippen molar-refractivity contribution in [3.8, 4) is 0 Å². The molecule has 1 rings (SSSR count). The van der Waals surface area contributed by atoms with Gasteiger partial charge in [-0.3, -0.25) is 14.9 Å². The van der Waals surface area contributed by atoms with E-state index in [2.05, 4.69) is 10.6 Å². The summed E-state index contributed by atoms with van der Waals surface area (Å²) in [6.45, 7) is 2.18.